The molecule has 1 saturated heterocycles. The second kappa shape index (κ2) is 4.31. The lowest BCUT2D eigenvalue weighted by Gasteiger charge is -2.27. The van der Waals surface area contributed by atoms with Crippen LogP contribution in [0.1, 0.15) is 18.9 Å². The standard InChI is InChI=1S/C13H17N3O2S/c1-9-6-7-16(11(9)8-14)13-10-4-2-3-5-12(10)19(17,18)15-13/h2-5,9,11H,6-8,14H2,1H3. The molecule has 0 aliphatic carbocycles. The molecule has 2 aliphatic heterocycles. The molecule has 1 aromatic rings. The fourth-order valence-corrected chi connectivity index (χ4v) is 4.14. The van der Waals surface area contributed by atoms with Gasteiger partial charge in [-0.2, -0.15) is 8.42 Å². The van der Waals surface area contributed by atoms with Crippen molar-refractivity contribution in [1.29, 1.82) is 0 Å². The number of hydrogen-bond acceptors (Lipinski definition) is 4. The van der Waals surface area contributed by atoms with Crippen molar-refractivity contribution in [2.45, 2.75) is 24.3 Å². The number of likely N-dealkylation sites (tertiary alicyclic amines) is 1. The summed E-state index contributed by atoms with van der Waals surface area (Å²) in [4.78, 5) is 2.36. The van der Waals surface area contributed by atoms with Gasteiger partial charge in [-0.15, -0.1) is 4.40 Å². The lowest BCUT2D eigenvalue weighted by molar-refractivity contribution is 0.352. The molecule has 0 amide bonds. The Hall–Kier alpha value is -1.40. The Kier molecular flexibility index (Phi) is 2.87. The van der Waals surface area contributed by atoms with E-state index in [4.69, 9.17) is 5.73 Å². The summed E-state index contributed by atoms with van der Waals surface area (Å²) in [7, 11) is -3.54. The molecule has 0 aromatic heterocycles. The molecule has 0 radical (unpaired) electrons. The Morgan fingerprint density at radius 2 is 2.16 bits per heavy atom. The Labute approximate surface area is 113 Å². The van der Waals surface area contributed by atoms with Gasteiger partial charge in [-0.3, -0.25) is 0 Å². The maximum atomic E-state index is 12.1. The van der Waals surface area contributed by atoms with Crippen molar-refractivity contribution in [3.05, 3.63) is 29.8 Å². The monoisotopic (exact) mass is 279 g/mol. The average molecular weight is 279 g/mol. The molecule has 6 heteroatoms. The third-order valence-electron chi connectivity index (χ3n) is 4.01. The number of nitrogens with two attached hydrogens (primary N) is 1. The average Bonchev–Trinajstić information content (AvgIpc) is 2.88. The molecule has 2 unspecified atom stereocenters. The molecule has 0 saturated carbocycles. The van der Waals surface area contributed by atoms with Crippen LogP contribution in [0, 0.1) is 5.92 Å². The number of fused-ring (bicyclic) bond motifs is 1. The summed E-state index contributed by atoms with van der Waals surface area (Å²) in [6.07, 6.45) is 1.02. The zero-order valence-corrected chi connectivity index (χ0v) is 11.6. The molecular formula is C13H17N3O2S. The summed E-state index contributed by atoms with van der Waals surface area (Å²) in [6.45, 7) is 3.47. The van der Waals surface area contributed by atoms with E-state index in [-0.39, 0.29) is 6.04 Å². The third-order valence-corrected chi connectivity index (χ3v) is 5.33. The number of sulfonamides is 1. The van der Waals surface area contributed by atoms with Gasteiger partial charge in [0, 0.05) is 24.7 Å². The molecule has 2 heterocycles. The second-order valence-electron chi connectivity index (χ2n) is 5.15. The first-order chi connectivity index (χ1) is 9.04. The van der Waals surface area contributed by atoms with Crippen molar-refractivity contribution in [3.8, 4) is 0 Å². The molecule has 0 spiro atoms. The summed E-state index contributed by atoms with van der Waals surface area (Å²) < 4.78 is 28.1. The maximum absolute atomic E-state index is 12.1. The van der Waals surface area contributed by atoms with Gasteiger partial charge in [0.15, 0.2) is 5.84 Å². The molecule has 1 fully saturated rings. The van der Waals surface area contributed by atoms with Gasteiger partial charge in [-0.05, 0) is 24.5 Å². The van der Waals surface area contributed by atoms with Crippen LogP contribution < -0.4 is 5.73 Å². The van der Waals surface area contributed by atoms with Crippen molar-refractivity contribution in [2.24, 2.45) is 16.0 Å². The van der Waals surface area contributed by atoms with Crippen LogP contribution in [0.5, 0.6) is 0 Å². The van der Waals surface area contributed by atoms with Gasteiger partial charge < -0.3 is 10.6 Å². The normalized spacial score (nSPS) is 28.3. The van der Waals surface area contributed by atoms with Gasteiger partial charge in [-0.25, -0.2) is 0 Å². The minimum Gasteiger partial charge on any atom is -0.351 e. The molecule has 102 valence electrons. The number of benzene rings is 1. The highest BCUT2D eigenvalue weighted by atomic mass is 32.2. The van der Waals surface area contributed by atoms with Gasteiger partial charge >= 0.3 is 0 Å². The molecular weight excluding hydrogens is 262 g/mol. The van der Waals surface area contributed by atoms with Gasteiger partial charge in [0.1, 0.15) is 4.90 Å². The van der Waals surface area contributed by atoms with E-state index in [1.54, 1.807) is 12.1 Å². The largest absolute Gasteiger partial charge is 0.351 e. The second-order valence-corrected chi connectivity index (χ2v) is 6.72. The first kappa shape index (κ1) is 12.6. The van der Waals surface area contributed by atoms with Crippen molar-refractivity contribution in [1.82, 2.24) is 4.90 Å². The Bertz CT molecular complexity index is 639. The predicted octanol–water partition coefficient (Wildman–Crippen LogP) is 0.805. The summed E-state index contributed by atoms with van der Waals surface area (Å²) in [6, 6.07) is 7.15. The minimum absolute atomic E-state index is 0.167. The molecule has 0 bridgehead atoms. The van der Waals surface area contributed by atoms with Gasteiger partial charge in [0.25, 0.3) is 10.0 Å². The van der Waals surface area contributed by atoms with Crippen LogP contribution in [-0.2, 0) is 10.0 Å². The summed E-state index contributed by atoms with van der Waals surface area (Å²) in [5.74, 6) is 1.03. The van der Waals surface area contributed by atoms with Crippen molar-refractivity contribution in [3.63, 3.8) is 0 Å². The topological polar surface area (TPSA) is 75.8 Å². The molecule has 2 aliphatic rings. The third kappa shape index (κ3) is 1.86. The van der Waals surface area contributed by atoms with Crippen LogP contribution in [0.15, 0.2) is 33.6 Å². The highest BCUT2D eigenvalue weighted by Crippen LogP contribution is 2.32. The van der Waals surface area contributed by atoms with Crippen LogP contribution in [0.3, 0.4) is 0 Å². The molecule has 2 atom stereocenters. The van der Waals surface area contributed by atoms with Crippen LogP contribution in [-0.4, -0.2) is 38.3 Å². The van der Waals surface area contributed by atoms with Crippen molar-refractivity contribution in [2.75, 3.05) is 13.1 Å². The molecule has 3 rings (SSSR count). The van der Waals surface area contributed by atoms with E-state index in [0.29, 0.717) is 28.8 Å². The SMILES string of the molecule is CC1CCN(C2=NS(=O)(=O)c3ccccc32)C1CN. The van der Waals surface area contributed by atoms with Crippen molar-refractivity contribution >= 4 is 15.9 Å². The number of amidine groups is 1. The fraction of sp³-hybridized carbons (Fsp3) is 0.462. The fourth-order valence-electron chi connectivity index (χ4n) is 2.93. The van der Waals surface area contributed by atoms with Crippen LogP contribution in [0.2, 0.25) is 0 Å². The van der Waals surface area contributed by atoms with Gasteiger partial charge in [0.05, 0.1) is 0 Å². The quantitative estimate of drug-likeness (QED) is 0.825. The van der Waals surface area contributed by atoms with E-state index in [2.05, 4.69) is 11.3 Å². The minimum atomic E-state index is -3.54. The summed E-state index contributed by atoms with van der Waals surface area (Å²) in [5, 5.41) is 0. The molecule has 5 nitrogen and oxygen atoms in total. The zero-order chi connectivity index (χ0) is 13.6. The molecule has 1 aromatic carbocycles. The Morgan fingerprint density at radius 3 is 2.89 bits per heavy atom. The first-order valence-corrected chi connectivity index (χ1v) is 7.89. The van der Waals surface area contributed by atoms with Crippen LogP contribution in [0.25, 0.3) is 0 Å². The lowest BCUT2D eigenvalue weighted by atomic mass is 10.0. The van der Waals surface area contributed by atoms with Crippen molar-refractivity contribution < 1.29 is 8.42 Å². The summed E-state index contributed by atoms with van der Waals surface area (Å²) >= 11 is 0. The highest BCUT2D eigenvalue weighted by molar-refractivity contribution is 7.90. The van der Waals surface area contributed by atoms with E-state index in [1.807, 2.05) is 17.0 Å². The highest BCUT2D eigenvalue weighted by Gasteiger charge is 2.38. The smallest absolute Gasteiger partial charge is 0.285 e. The first-order valence-electron chi connectivity index (χ1n) is 6.45. The van der Waals surface area contributed by atoms with E-state index < -0.39 is 10.0 Å². The van der Waals surface area contributed by atoms with Crippen LogP contribution in [0.4, 0.5) is 0 Å². The lowest BCUT2D eigenvalue weighted by Crippen LogP contribution is -2.42. The molecule has 19 heavy (non-hydrogen) atoms. The number of nitrogens with zero attached hydrogens (tertiary/aromatic N) is 2. The van der Waals surface area contributed by atoms with E-state index >= 15 is 0 Å². The zero-order valence-electron chi connectivity index (χ0n) is 10.8. The van der Waals surface area contributed by atoms with Gasteiger partial charge in [0.2, 0.25) is 0 Å². The number of hydrogen-bond donors (Lipinski definition) is 1. The van der Waals surface area contributed by atoms with E-state index in [9.17, 15) is 8.42 Å². The van der Waals surface area contributed by atoms with E-state index in [0.717, 1.165) is 13.0 Å². The maximum Gasteiger partial charge on any atom is 0.285 e. The Morgan fingerprint density at radius 1 is 1.42 bits per heavy atom. The van der Waals surface area contributed by atoms with E-state index in [1.165, 1.54) is 0 Å². The number of rotatable bonds is 1. The predicted molar refractivity (Wildman–Crippen MR) is 73.5 cm³/mol. The van der Waals surface area contributed by atoms with Crippen LogP contribution >= 0.6 is 0 Å². The Balaban J connectivity index is 2.08. The summed E-state index contributed by atoms with van der Waals surface area (Å²) in [5.41, 5.74) is 6.53. The van der Waals surface area contributed by atoms with Gasteiger partial charge in [-0.1, -0.05) is 19.1 Å². The molecule has 2 N–H and O–H groups in total.